The molecule has 5 nitrogen and oxygen atoms in total. The van der Waals surface area contributed by atoms with Crippen LogP contribution in [0.2, 0.25) is 0 Å². The second-order valence-corrected chi connectivity index (χ2v) is 12.5. The van der Waals surface area contributed by atoms with Gasteiger partial charge >= 0.3 is 0 Å². The molecule has 3 saturated carbocycles. The van der Waals surface area contributed by atoms with E-state index in [0.29, 0.717) is 57.3 Å². The molecule has 1 heterocycles. The van der Waals surface area contributed by atoms with E-state index in [-0.39, 0.29) is 24.4 Å². The molecule has 3 N–H and O–H groups in total. The van der Waals surface area contributed by atoms with Crippen LogP contribution in [0, 0.1) is 35.0 Å². The van der Waals surface area contributed by atoms with E-state index < -0.39 is 17.1 Å². The number of aldehydes is 1. The van der Waals surface area contributed by atoms with Gasteiger partial charge in [-0.25, -0.2) is 0 Å². The largest absolute Gasteiger partial charge is 0.396 e. The number of hydrogen-bond acceptors (Lipinski definition) is 5. The van der Waals surface area contributed by atoms with Gasteiger partial charge in [0.25, 0.3) is 0 Å². The number of carbonyl (C=O) groups excluding carboxylic acids is 1. The van der Waals surface area contributed by atoms with Crippen LogP contribution in [0.5, 0.6) is 0 Å². The Bertz CT molecular complexity index is 1130. The average Bonchev–Trinajstić information content (AvgIpc) is 3.11. The summed E-state index contributed by atoms with van der Waals surface area (Å²) in [6.45, 7) is 8.92. The standard InChI is InChI=1S/C35H48O5/c1-25-10-4-5-21-40-24-29(14-7-13-26(2)12-6-11-25)32-28-15-8-18-34(39)19-17-30(27(3)23-37)31(16-9-20-36)35(34,22-28)33(32)38/h7,11,13-14,23,28,31-33,36,38-39H,2,6,8-10,12,15-22,24H2,1,3H3/b13-7+,25-11-,29-14+,30-27+/t28-,31-,32-,33-,34-,35-/m1/s1. The number of allylic oxidation sites excluding steroid dienone is 8. The maximum atomic E-state index is 12.4. The van der Waals surface area contributed by atoms with Crippen molar-refractivity contribution in [1.29, 1.82) is 0 Å². The Kier molecular flexibility index (Phi) is 10.5. The summed E-state index contributed by atoms with van der Waals surface area (Å²) in [4.78, 5) is 11.9. The molecule has 0 aromatic rings. The van der Waals surface area contributed by atoms with Crippen molar-refractivity contribution in [3.8, 4) is 11.8 Å². The van der Waals surface area contributed by atoms with Gasteiger partial charge in [-0.15, -0.1) is 0 Å². The van der Waals surface area contributed by atoms with Gasteiger partial charge in [-0.3, -0.25) is 4.79 Å². The van der Waals surface area contributed by atoms with E-state index >= 15 is 0 Å². The third-order valence-electron chi connectivity index (χ3n) is 10.2. The summed E-state index contributed by atoms with van der Waals surface area (Å²) in [5, 5.41) is 34.5. The summed E-state index contributed by atoms with van der Waals surface area (Å²) in [7, 11) is 0. The van der Waals surface area contributed by atoms with Gasteiger partial charge in [0.15, 0.2) is 0 Å². The Balaban J connectivity index is 1.74. The number of rotatable bonds is 5. The van der Waals surface area contributed by atoms with Gasteiger partial charge in [-0.2, -0.15) is 0 Å². The van der Waals surface area contributed by atoms with E-state index in [1.165, 1.54) is 5.57 Å². The minimum Gasteiger partial charge on any atom is -0.396 e. The molecule has 0 saturated heterocycles. The van der Waals surface area contributed by atoms with E-state index in [2.05, 4.69) is 37.5 Å². The fourth-order valence-electron chi connectivity index (χ4n) is 8.23. The van der Waals surface area contributed by atoms with Gasteiger partial charge in [-0.1, -0.05) is 65.9 Å². The molecular formula is C35H48O5. The molecule has 0 unspecified atom stereocenters. The molecule has 6 atom stereocenters. The quantitative estimate of drug-likeness (QED) is 0.176. The fraction of sp³-hybridized carbons (Fsp3) is 0.629. The van der Waals surface area contributed by atoms with Crippen molar-refractivity contribution in [1.82, 2.24) is 0 Å². The first kappa shape index (κ1) is 30.7. The second kappa shape index (κ2) is 13.6. The van der Waals surface area contributed by atoms with Crippen LogP contribution >= 0.6 is 0 Å². The minimum absolute atomic E-state index is 0.0468. The van der Waals surface area contributed by atoms with Crippen LogP contribution in [-0.2, 0) is 9.53 Å². The Morgan fingerprint density at radius 1 is 1.27 bits per heavy atom. The Labute approximate surface area is 240 Å². The number of carbonyl (C=O) groups is 1. The molecule has 2 bridgehead atoms. The van der Waals surface area contributed by atoms with Gasteiger partial charge in [0.1, 0.15) is 12.9 Å². The predicted octanol–water partition coefficient (Wildman–Crippen LogP) is 5.77. The predicted molar refractivity (Wildman–Crippen MR) is 159 cm³/mol. The average molecular weight is 549 g/mol. The van der Waals surface area contributed by atoms with Gasteiger partial charge in [-0.05, 0) is 94.6 Å². The first-order chi connectivity index (χ1) is 19.3. The van der Waals surface area contributed by atoms with E-state index in [0.717, 1.165) is 55.1 Å². The van der Waals surface area contributed by atoms with Crippen LogP contribution in [0.15, 0.2) is 58.7 Å². The number of aliphatic hydroxyl groups excluding tert-OH is 2. The fourth-order valence-corrected chi connectivity index (χ4v) is 8.23. The number of ether oxygens (including phenoxy) is 1. The number of aliphatic hydroxyl groups is 3. The summed E-state index contributed by atoms with van der Waals surface area (Å²) in [5.74, 6) is 6.23. The number of fused-ring (bicyclic) bond motifs is 1. The molecule has 5 heteroatoms. The van der Waals surface area contributed by atoms with Crippen LogP contribution in [0.1, 0.15) is 84.5 Å². The third kappa shape index (κ3) is 6.16. The van der Waals surface area contributed by atoms with Crippen LogP contribution in [0.4, 0.5) is 0 Å². The zero-order valence-corrected chi connectivity index (χ0v) is 24.5. The molecule has 1 aliphatic heterocycles. The highest BCUT2D eigenvalue weighted by molar-refractivity contribution is 5.74. The monoisotopic (exact) mass is 548 g/mol. The highest BCUT2D eigenvalue weighted by Gasteiger charge is 2.68. The Morgan fingerprint density at radius 2 is 2.10 bits per heavy atom. The summed E-state index contributed by atoms with van der Waals surface area (Å²) in [6.07, 6.45) is 16.7. The van der Waals surface area contributed by atoms with Gasteiger partial charge in [0.2, 0.25) is 0 Å². The zero-order chi connectivity index (χ0) is 28.8. The molecule has 1 spiro atoms. The zero-order valence-electron chi connectivity index (χ0n) is 24.5. The lowest BCUT2D eigenvalue weighted by atomic mass is 9.51. The molecule has 218 valence electrons. The van der Waals surface area contributed by atoms with Crippen LogP contribution in [0.25, 0.3) is 0 Å². The van der Waals surface area contributed by atoms with Crippen molar-refractivity contribution in [3.05, 3.63) is 58.7 Å². The van der Waals surface area contributed by atoms with Crippen molar-refractivity contribution < 1.29 is 24.9 Å². The third-order valence-corrected chi connectivity index (χ3v) is 10.2. The van der Waals surface area contributed by atoms with Gasteiger partial charge in [0.05, 0.1) is 18.3 Å². The molecule has 0 aromatic heterocycles. The first-order valence-corrected chi connectivity index (χ1v) is 15.2. The van der Waals surface area contributed by atoms with Crippen molar-refractivity contribution in [3.63, 3.8) is 0 Å². The molecule has 3 fully saturated rings. The summed E-state index contributed by atoms with van der Waals surface area (Å²) >= 11 is 0. The Hall–Kier alpha value is -2.23. The van der Waals surface area contributed by atoms with E-state index in [4.69, 9.17) is 4.74 Å². The lowest BCUT2D eigenvalue weighted by Crippen LogP contribution is -2.60. The van der Waals surface area contributed by atoms with Crippen molar-refractivity contribution in [2.45, 2.75) is 96.2 Å². The minimum atomic E-state index is -1.01. The SMILES string of the molecule is C=C1/C=C/C=C(/[C@H]2[C@@H]3CCC[C@@]4(O)CC/C(=C(/C)C=O)[C@@H](CCCO)[C@]4(C3)[C@@H]2O)COCC#CC/C(C)=C\CC1. The van der Waals surface area contributed by atoms with Crippen LogP contribution in [0.3, 0.4) is 0 Å². The molecule has 4 aliphatic rings. The summed E-state index contributed by atoms with van der Waals surface area (Å²) in [6, 6.07) is 0. The molecular weight excluding hydrogens is 500 g/mol. The molecule has 40 heavy (non-hydrogen) atoms. The van der Waals surface area contributed by atoms with E-state index in [1.54, 1.807) is 0 Å². The first-order valence-electron chi connectivity index (χ1n) is 15.2. The topological polar surface area (TPSA) is 87.0 Å². The molecule has 0 aromatic carbocycles. The van der Waals surface area contributed by atoms with Gasteiger partial charge in [0, 0.05) is 24.4 Å². The Morgan fingerprint density at radius 3 is 2.88 bits per heavy atom. The molecule has 3 aliphatic carbocycles. The smallest absolute Gasteiger partial charge is 0.145 e. The highest BCUT2D eigenvalue weighted by atomic mass is 16.5. The normalized spacial score (nSPS) is 40.0. The van der Waals surface area contributed by atoms with E-state index in [1.807, 2.05) is 19.1 Å². The highest BCUT2D eigenvalue weighted by Crippen LogP contribution is 2.67. The van der Waals surface area contributed by atoms with Crippen molar-refractivity contribution >= 4 is 6.29 Å². The van der Waals surface area contributed by atoms with Gasteiger partial charge < -0.3 is 20.1 Å². The van der Waals surface area contributed by atoms with Crippen molar-refractivity contribution in [2.75, 3.05) is 19.8 Å². The number of hydrogen-bond donors (Lipinski definition) is 3. The maximum absolute atomic E-state index is 12.4. The maximum Gasteiger partial charge on any atom is 0.145 e. The second-order valence-electron chi connectivity index (χ2n) is 12.5. The lowest BCUT2D eigenvalue weighted by Gasteiger charge is -2.57. The summed E-state index contributed by atoms with van der Waals surface area (Å²) < 4.78 is 6.07. The summed E-state index contributed by atoms with van der Waals surface area (Å²) in [5.41, 5.74) is 3.31. The lowest BCUT2D eigenvalue weighted by molar-refractivity contribution is -0.180. The van der Waals surface area contributed by atoms with E-state index in [9.17, 15) is 20.1 Å². The van der Waals surface area contributed by atoms with Crippen LogP contribution in [-0.4, -0.2) is 53.1 Å². The molecule has 4 rings (SSSR count). The van der Waals surface area contributed by atoms with Crippen molar-refractivity contribution in [2.24, 2.45) is 23.2 Å². The van der Waals surface area contributed by atoms with Crippen LogP contribution < -0.4 is 0 Å². The molecule has 0 radical (unpaired) electrons. The molecule has 0 amide bonds.